The molecule has 3 aromatic carbocycles. The van der Waals surface area contributed by atoms with Gasteiger partial charge in [-0.2, -0.15) is 0 Å². The van der Waals surface area contributed by atoms with Gasteiger partial charge in [0.2, 0.25) is 0 Å². The summed E-state index contributed by atoms with van der Waals surface area (Å²) >= 11 is 2.49. The molecule has 0 amide bonds. The van der Waals surface area contributed by atoms with E-state index in [1.54, 1.807) is 0 Å². The lowest BCUT2D eigenvalue weighted by molar-refractivity contribution is 0.414. The van der Waals surface area contributed by atoms with Gasteiger partial charge in [-0.25, -0.2) is 0 Å². The van der Waals surface area contributed by atoms with Gasteiger partial charge in [0.15, 0.2) is 0 Å². The van der Waals surface area contributed by atoms with Gasteiger partial charge < -0.3 is 0 Å². The zero-order chi connectivity index (χ0) is 17.9. The van der Waals surface area contributed by atoms with Gasteiger partial charge in [-0.15, -0.1) is 0 Å². The van der Waals surface area contributed by atoms with Crippen LogP contribution in [0, 0.1) is 5.92 Å². The average Bonchev–Trinajstić information content (AvgIpc) is 2.88. The van der Waals surface area contributed by atoms with E-state index in [2.05, 4.69) is 109 Å². The van der Waals surface area contributed by atoms with E-state index in [1.807, 2.05) is 0 Å². The van der Waals surface area contributed by atoms with Crippen LogP contribution in [0.3, 0.4) is 0 Å². The Morgan fingerprint density at radius 2 is 1.69 bits per heavy atom. The highest BCUT2D eigenvalue weighted by Gasteiger charge is 2.43. The molecule has 0 aliphatic heterocycles. The predicted octanol–water partition coefficient (Wildman–Crippen LogP) is 7.52. The fourth-order valence-corrected chi connectivity index (χ4v) is 5.37. The van der Waals surface area contributed by atoms with Gasteiger partial charge in [-0.3, -0.25) is 0 Å². The molecule has 26 heavy (non-hydrogen) atoms. The van der Waals surface area contributed by atoms with Gasteiger partial charge in [-0.05, 0) is 88.6 Å². The molecule has 1 heteroatoms. The maximum Gasteiger partial charge on any atom is -0.00189 e. The second kappa shape index (κ2) is 5.82. The number of benzene rings is 3. The van der Waals surface area contributed by atoms with E-state index in [4.69, 9.17) is 0 Å². The van der Waals surface area contributed by atoms with E-state index >= 15 is 0 Å². The molecular weight excluding hydrogens is 427 g/mol. The highest BCUT2D eigenvalue weighted by atomic mass is 127. The first-order valence-corrected chi connectivity index (χ1v) is 10.3. The first-order chi connectivity index (χ1) is 12.6. The van der Waals surface area contributed by atoms with Crippen molar-refractivity contribution in [2.75, 3.05) is 0 Å². The van der Waals surface area contributed by atoms with Crippen molar-refractivity contribution in [1.82, 2.24) is 0 Å². The predicted molar refractivity (Wildman–Crippen MR) is 121 cm³/mol. The number of rotatable bonds is 1. The Kier molecular flexibility index (Phi) is 3.65. The Bertz CT molecular complexity index is 1090. The van der Waals surface area contributed by atoms with Crippen LogP contribution in [-0.2, 0) is 5.41 Å². The maximum absolute atomic E-state index is 2.49. The fraction of sp³-hybridized carbons (Fsp3) is 0.200. The van der Waals surface area contributed by atoms with Gasteiger partial charge in [0.05, 0.1) is 0 Å². The summed E-state index contributed by atoms with van der Waals surface area (Å²) in [6.45, 7) is 4.83. The van der Waals surface area contributed by atoms with Crippen LogP contribution in [0.2, 0.25) is 0 Å². The van der Waals surface area contributed by atoms with Crippen LogP contribution < -0.4 is 0 Å². The van der Waals surface area contributed by atoms with Gasteiger partial charge in [0.1, 0.15) is 0 Å². The van der Waals surface area contributed by atoms with E-state index in [9.17, 15) is 0 Å². The molecule has 0 N–H and O–H groups in total. The van der Waals surface area contributed by atoms with Gasteiger partial charge in [0, 0.05) is 0 Å². The monoisotopic (exact) mass is 448 g/mol. The van der Waals surface area contributed by atoms with Crippen LogP contribution in [0.25, 0.3) is 27.5 Å². The van der Waals surface area contributed by atoms with Crippen LogP contribution in [0.1, 0.15) is 31.4 Å². The Labute approximate surface area is 168 Å². The summed E-state index contributed by atoms with van der Waals surface area (Å²) in [6.07, 6.45) is 5.80. The van der Waals surface area contributed by atoms with E-state index in [-0.39, 0.29) is 5.41 Å². The summed E-state index contributed by atoms with van der Waals surface area (Å²) in [4.78, 5) is 0. The highest BCUT2D eigenvalue weighted by molar-refractivity contribution is 14.1. The van der Waals surface area contributed by atoms with Crippen molar-refractivity contribution in [3.05, 3.63) is 87.5 Å². The molecule has 0 fully saturated rings. The SMILES string of the molecule is CC1(C)c2cc(-c3cccc4ccccc34)ccc2C2=CC=C(I)CC21. The Morgan fingerprint density at radius 3 is 2.58 bits per heavy atom. The zero-order valence-corrected chi connectivity index (χ0v) is 17.2. The smallest absolute Gasteiger partial charge is 0.00189 e. The Balaban J connectivity index is 1.71. The molecule has 0 heterocycles. The molecular formula is C25H21I. The molecule has 2 aliphatic carbocycles. The molecule has 0 saturated heterocycles. The summed E-state index contributed by atoms with van der Waals surface area (Å²) < 4.78 is 1.46. The standard InChI is InChI=1S/C25H21I/c1-25(2)23-14-17(20-9-5-7-16-6-3-4-8-19(16)20)10-12-21(23)22-13-11-18(26)15-24(22)25/h3-14,24H,15H2,1-2H3. The van der Waals surface area contributed by atoms with Crippen molar-refractivity contribution in [2.45, 2.75) is 25.7 Å². The second-order valence-corrected chi connectivity index (χ2v) is 9.39. The summed E-state index contributed by atoms with van der Waals surface area (Å²) in [5, 5.41) is 2.64. The third kappa shape index (κ3) is 2.33. The van der Waals surface area contributed by atoms with E-state index in [1.165, 1.54) is 42.2 Å². The number of halogens is 1. The quantitative estimate of drug-likeness (QED) is 0.338. The second-order valence-electron chi connectivity index (χ2n) is 8.00. The third-order valence-electron chi connectivity index (χ3n) is 6.21. The number of fused-ring (bicyclic) bond motifs is 4. The topological polar surface area (TPSA) is 0 Å². The van der Waals surface area contributed by atoms with E-state index in [0.29, 0.717) is 5.92 Å². The first kappa shape index (κ1) is 16.3. The molecule has 0 bridgehead atoms. The fourth-order valence-electron chi connectivity index (χ4n) is 4.75. The van der Waals surface area contributed by atoms with Crippen LogP contribution in [0.15, 0.2) is 76.4 Å². The molecule has 128 valence electrons. The third-order valence-corrected chi connectivity index (χ3v) is 7.01. The lowest BCUT2D eigenvalue weighted by Crippen LogP contribution is -2.24. The van der Waals surface area contributed by atoms with Gasteiger partial charge in [-0.1, -0.05) is 80.6 Å². The van der Waals surface area contributed by atoms with Crippen molar-refractivity contribution >= 4 is 38.9 Å². The van der Waals surface area contributed by atoms with Gasteiger partial charge in [0.25, 0.3) is 0 Å². The first-order valence-electron chi connectivity index (χ1n) is 9.25. The molecule has 2 aliphatic rings. The minimum absolute atomic E-state index is 0.173. The maximum atomic E-state index is 2.49. The molecule has 0 nitrogen and oxygen atoms in total. The van der Waals surface area contributed by atoms with E-state index in [0.717, 1.165) is 6.42 Å². The zero-order valence-electron chi connectivity index (χ0n) is 15.1. The molecule has 0 spiro atoms. The number of allylic oxidation sites excluding steroid dienone is 4. The van der Waals surface area contributed by atoms with Crippen molar-refractivity contribution in [3.63, 3.8) is 0 Å². The summed E-state index contributed by atoms with van der Waals surface area (Å²) in [7, 11) is 0. The minimum Gasteiger partial charge on any atom is -0.0616 e. The average molecular weight is 448 g/mol. The highest BCUT2D eigenvalue weighted by Crippen LogP contribution is 2.55. The molecule has 0 saturated carbocycles. The lowest BCUT2D eigenvalue weighted by atomic mass is 9.74. The van der Waals surface area contributed by atoms with Crippen molar-refractivity contribution in [1.29, 1.82) is 0 Å². The van der Waals surface area contributed by atoms with Gasteiger partial charge >= 0.3 is 0 Å². The van der Waals surface area contributed by atoms with Crippen LogP contribution in [0.4, 0.5) is 0 Å². The largest absolute Gasteiger partial charge is 0.0616 e. The Morgan fingerprint density at radius 1 is 0.885 bits per heavy atom. The van der Waals surface area contributed by atoms with E-state index < -0.39 is 0 Å². The summed E-state index contributed by atoms with van der Waals surface area (Å²) in [5.41, 5.74) is 7.30. The molecule has 1 unspecified atom stereocenters. The van der Waals surface area contributed by atoms with Crippen molar-refractivity contribution in [2.24, 2.45) is 5.92 Å². The molecule has 0 aromatic heterocycles. The van der Waals surface area contributed by atoms with Crippen LogP contribution >= 0.6 is 22.6 Å². The molecule has 0 radical (unpaired) electrons. The summed E-state index contributed by atoms with van der Waals surface area (Å²) in [6, 6.07) is 22.4. The van der Waals surface area contributed by atoms with Crippen LogP contribution in [-0.4, -0.2) is 0 Å². The normalized spacial score (nSPS) is 20.3. The van der Waals surface area contributed by atoms with Crippen molar-refractivity contribution in [3.8, 4) is 11.1 Å². The Hall–Kier alpha value is -1.87. The molecule has 1 atom stereocenters. The molecule has 5 rings (SSSR count). The summed E-state index contributed by atoms with van der Waals surface area (Å²) in [5.74, 6) is 0.595. The lowest BCUT2D eigenvalue weighted by Gasteiger charge is -2.30. The van der Waals surface area contributed by atoms with Crippen molar-refractivity contribution < 1.29 is 0 Å². The van der Waals surface area contributed by atoms with Crippen LogP contribution in [0.5, 0.6) is 0 Å². The minimum atomic E-state index is 0.173. The molecule has 3 aromatic rings. The number of hydrogen-bond acceptors (Lipinski definition) is 0. The number of hydrogen-bond donors (Lipinski definition) is 0.